The molecule has 0 unspecified atom stereocenters. The van der Waals surface area contributed by atoms with Crippen molar-refractivity contribution in [3.8, 4) is 0 Å². The van der Waals surface area contributed by atoms with E-state index >= 15 is 0 Å². The molecule has 4 heteroatoms. The highest BCUT2D eigenvalue weighted by Gasteiger charge is 2.23. The Kier molecular flexibility index (Phi) is 5.05. The average molecular weight is 213 g/mol. The van der Waals surface area contributed by atoms with Crippen molar-refractivity contribution in [3.63, 3.8) is 0 Å². The Morgan fingerprint density at radius 1 is 1.33 bits per heavy atom. The maximum Gasteiger partial charge on any atom is 0.236 e. The van der Waals surface area contributed by atoms with E-state index in [1.165, 1.54) is 0 Å². The molecule has 0 aromatic heterocycles. The van der Waals surface area contributed by atoms with Crippen LogP contribution in [0.25, 0.3) is 0 Å². The molecule has 0 radical (unpaired) electrons. The van der Waals surface area contributed by atoms with Crippen LogP contribution in [0.15, 0.2) is 0 Å². The van der Waals surface area contributed by atoms with Crippen LogP contribution in [0.2, 0.25) is 0 Å². The summed E-state index contributed by atoms with van der Waals surface area (Å²) in [6, 6.07) is 0.448. The number of hydrogen-bond donors (Lipinski definition) is 1. The van der Waals surface area contributed by atoms with E-state index in [1.807, 2.05) is 23.9 Å². The Morgan fingerprint density at radius 2 is 1.93 bits per heavy atom. The van der Waals surface area contributed by atoms with Crippen molar-refractivity contribution in [2.45, 2.75) is 25.8 Å². The van der Waals surface area contributed by atoms with Crippen molar-refractivity contribution in [1.82, 2.24) is 15.1 Å². The van der Waals surface area contributed by atoms with Crippen LogP contribution in [-0.2, 0) is 4.79 Å². The van der Waals surface area contributed by atoms with Crippen LogP contribution in [0.3, 0.4) is 0 Å². The summed E-state index contributed by atoms with van der Waals surface area (Å²) in [7, 11) is 3.88. The quantitative estimate of drug-likeness (QED) is 0.722. The van der Waals surface area contributed by atoms with Crippen LogP contribution in [-0.4, -0.2) is 62.0 Å². The molecule has 1 rings (SSSR count). The van der Waals surface area contributed by atoms with Gasteiger partial charge in [-0.25, -0.2) is 0 Å². The fourth-order valence-electron chi connectivity index (χ4n) is 2.12. The van der Waals surface area contributed by atoms with E-state index in [0.717, 1.165) is 32.5 Å². The van der Waals surface area contributed by atoms with Gasteiger partial charge in [-0.1, -0.05) is 0 Å². The minimum Gasteiger partial charge on any atom is -0.339 e. The van der Waals surface area contributed by atoms with Crippen molar-refractivity contribution in [3.05, 3.63) is 0 Å². The van der Waals surface area contributed by atoms with Gasteiger partial charge in [0.05, 0.1) is 6.54 Å². The van der Waals surface area contributed by atoms with Crippen LogP contribution in [0, 0.1) is 0 Å². The van der Waals surface area contributed by atoms with Gasteiger partial charge in [-0.05, 0) is 47.0 Å². The van der Waals surface area contributed by atoms with Gasteiger partial charge in [0.15, 0.2) is 0 Å². The highest BCUT2D eigenvalue weighted by atomic mass is 16.2. The van der Waals surface area contributed by atoms with E-state index in [9.17, 15) is 4.79 Å². The molecule has 1 N–H and O–H groups in total. The molecule has 0 aliphatic carbocycles. The highest BCUT2D eigenvalue weighted by Crippen LogP contribution is 2.11. The summed E-state index contributed by atoms with van der Waals surface area (Å²) in [6.07, 6.45) is 2.18. The zero-order chi connectivity index (χ0) is 11.3. The second-order valence-electron chi connectivity index (χ2n) is 4.40. The van der Waals surface area contributed by atoms with E-state index in [1.54, 1.807) is 0 Å². The van der Waals surface area contributed by atoms with Crippen molar-refractivity contribution < 1.29 is 4.79 Å². The predicted octanol–water partition coefficient (Wildman–Crippen LogP) is 0.149. The fourth-order valence-corrected chi connectivity index (χ4v) is 2.12. The van der Waals surface area contributed by atoms with Gasteiger partial charge in [0, 0.05) is 12.6 Å². The number of hydrogen-bond acceptors (Lipinski definition) is 3. The number of carbonyl (C=O) groups excluding carboxylic acids is 1. The zero-order valence-electron chi connectivity index (χ0n) is 10.1. The molecule has 1 saturated heterocycles. The molecule has 0 spiro atoms. The molecule has 15 heavy (non-hydrogen) atoms. The molecule has 0 bridgehead atoms. The van der Waals surface area contributed by atoms with Crippen molar-refractivity contribution in [1.29, 1.82) is 0 Å². The van der Waals surface area contributed by atoms with E-state index in [0.29, 0.717) is 12.6 Å². The number of likely N-dealkylation sites (N-methyl/N-ethyl adjacent to an activating group) is 2. The Hall–Kier alpha value is -0.610. The lowest BCUT2D eigenvalue weighted by Gasteiger charge is -2.34. The van der Waals surface area contributed by atoms with Crippen molar-refractivity contribution in [2.75, 3.05) is 40.3 Å². The lowest BCUT2D eigenvalue weighted by Crippen LogP contribution is -2.48. The minimum absolute atomic E-state index is 0.259. The number of carbonyl (C=O) groups is 1. The molecule has 0 saturated carbocycles. The van der Waals surface area contributed by atoms with Crippen LogP contribution in [0.1, 0.15) is 19.8 Å². The molecule has 0 aromatic rings. The summed E-state index contributed by atoms with van der Waals surface area (Å²) in [5, 5.41) is 3.32. The van der Waals surface area contributed by atoms with E-state index < -0.39 is 0 Å². The monoisotopic (exact) mass is 213 g/mol. The minimum atomic E-state index is 0.259. The third-order valence-corrected chi connectivity index (χ3v) is 2.86. The standard InChI is InChI=1S/C11H23N3O/c1-4-14(11(15)9-13(2)3)10-5-7-12-8-6-10/h10,12H,4-9H2,1-3H3. The van der Waals surface area contributed by atoms with Gasteiger partial charge in [-0.3, -0.25) is 4.79 Å². The van der Waals surface area contributed by atoms with E-state index in [2.05, 4.69) is 12.2 Å². The molecular weight excluding hydrogens is 190 g/mol. The van der Waals surface area contributed by atoms with Crippen LogP contribution in [0.4, 0.5) is 0 Å². The Bertz CT molecular complexity index is 200. The smallest absolute Gasteiger partial charge is 0.236 e. The first-order valence-corrected chi connectivity index (χ1v) is 5.80. The molecule has 0 atom stereocenters. The topological polar surface area (TPSA) is 35.6 Å². The summed E-state index contributed by atoms with van der Waals surface area (Å²) in [5.41, 5.74) is 0. The Labute approximate surface area is 92.6 Å². The summed E-state index contributed by atoms with van der Waals surface area (Å²) in [5.74, 6) is 0.259. The van der Waals surface area contributed by atoms with Gasteiger partial charge in [-0.2, -0.15) is 0 Å². The van der Waals surface area contributed by atoms with Crippen LogP contribution >= 0.6 is 0 Å². The first-order valence-electron chi connectivity index (χ1n) is 5.80. The molecule has 1 fully saturated rings. The van der Waals surface area contributed by atoms with Crippen LogP contribution < -0.4 is 5.32 Å². The van der Waals surface area contributed by atoms with Crippen LogP contribution in [0.5, 0.6) is 0 Å². The number of piperidine rings is 1. The predicted molar refractivity (Wildman–Crippen MR) is 61.8 cm³/mol. The zero-order valence-corrected chi connectivity index (χ0v) is 10.1. The van der Waals surface area contributed by atoms with Crippen molar-refractivity contribution >= 4 is 5.91 Å². The number of nitrogens with one attached hydrogen (secondary N) is 1. The molecule has 4 nitrogen and oxygen atoms in total. The molecule has 1 aliphatic rings. The van der Waals surface area contributed by atoms with Gasteiger partial charge < -0.3 is 15.1 Å². The highest BCUT2D eigenvalue weighted by molar-refractivity contribution is 5.78. The maximum absolute atomic E-state index is 11.9. The molecule has 1 heterocycles. The largest absolute Gasteiger partial charge is 0.339 e. The number of amides is 1. The first-order chi connectivity index (χ1) is 7.15. The fraction of sp³-hybridized carbons (Fsp3) is 0.909. The second-order valence-corrected chi connectivity index (χ2v) is 4.40. The van der Waals surface area contributed by atoms with E-state index in [4.69, 9.17) is 0 Å². The molecule has 0 aromatic carbocycles. The van der Waals surface area contributed by atoms with Gasteiger partial charge >= 0.3 is 0 Å². The summed E-state index contributed by atoms with van der Waals surface area (Å²) in [6.45, 7) is 5.50. The molecule has 88 valence electrons. The third-order valence-electron chi connectivity index (χ3n) is 2.86. The maximum atomic E-state index is 11.9. The van der Waals surface area contributed by atoms with Gasteiger partial charge in [-0.15, -0.1) is 0 Å². The van der Waals surface area contributed by atoms with Gasteiger partial charge in [0.1, 0.15) is 0 Å². The second kappa shape index (κ2) is 6.08. The van der Waals surface area contributed by atoms with E-state index in [-0.39, 0.29) is 5.91 Å². The number of rotatable bonds is 4. The molecule has 1 aliphatic heterocycles. The first kappa shape index (κ1) is 12.5. The lowest BCUT2D eigenvalue weighted by molar-refractivity contribution is -0.134. The SMILES string of the molecule is CCN(C(=O)CN(C)C)C1CCNCC1. The van der Waals surface area contributed by atoms with Crippen molar-refractivity contribution in [2.24, 2.45) is 0 Å². The molecular formula is C11H23N3O. The van der Waals surface area contributed by atoms with Gasteiger partial charge in [0.2, 0.25) is 5.91 Å². The number of nitrogens with zero attached hydrogens (tertiary/aromatic N) is 2. The lowest BCUT2D eigenvalue weighted by atomic mass is 10.0. The third kappa shape index (κ3) is 3.80. The summed E-state index contributed by atoms with van der Waals surface area (Å²) < 4.78 is 0. The average Bonchev–Trinajstić information content (AvgIpc) is 2.19. The Morgan fingerprint density at radius 3 is 2.40 bits per heavy atom. The summed E-state index contributed by atoms with van der Waals surface area (Å²) in [4.78, 5) is 15.9. The summed E-state index contributed by atoms with van der Waals surface area (Å²) >= 11 is 0. The Balaban J connectivity index is 2.49. The normalized spacial score (nSPS) is 18.1. The molecule has 1 amide bonds. The van der Waals surface area contributed by atoms with Gasteiger partial charge in [0.25, 0.3) is 0 Å².